The molecule has 0 fully saturated rings. The fourth-order valence-electron chi connectivity index (χ4n) is 2.44. The van der Waals surface area contributed by atoms with Crippen LogP contribution < -0.4 is 5.32 Å². The zero-order valence-corrected chi connectivity index (χ0v) is 14.2. The predicted molar refractivity (Wildman–Crippen MR) is 96.5 cm³/mol. The van der Waals surface area contributed by atoms with Crippen molar-refractivity contribution in [1.82, 2.24) is 15.0 Å². The van der Waals surface area contributed by atoms with E-state index in [0.29, 0.717) is 12.4 Å². The number of halogens is 1. The van der Waals surface area contributed by atoms with Gasteiger partial charge in [-0.05, 0) is 40.2 Å². The Morgan fingerprint density at radius 1 is 1.08 bits per heavy atom. The monoisotopic (exact) mass is 380 g/mol. The summed E-state index contributed by atoms with van der Waals surface area (Å²) >= 11 is 3.41. The van der Waals surface area contributed by atoms with Crippen LogP contribution >= 0.6 is 15.9 Å². The van der Waals surface area contributed by atoms with E-state index in [-0.39, 0.29) is 0 Å². The molecule has 0 bridgehead atoms. The van der Waals surface area contributed by atoms with Crippen LogP contribution in [-0.4, -0.2) is 15.0 Å². The second-order valence-corrected chi connectivity index (χ2v) is 6.16. The first-order valence-electron chi connectivity index (χ1n) is 7.43. The largest absolute Gasteiger partial charge is 0.444 e. The van der Waals surface area contributed by atoms with Crippen molar-refractivity contribution in [3.8, 4) is 11.5 Å². The van der Waals surface area contributed by atoms with Crippen LogP contribution in [0.15, 0.2) is 70.0 Å². The third-order valence-electron chi connectivity index (χ3n) is 3.58. The van der Waals surface area contributed by atoms with Crippen LogP contribution in [0.4, 0.5) is 5.69 Å². The summed E-state index contributed by atoms with van der Waals surface area (Å²) in [5.74, 6) is 0.619. The smallest absolute Gasteiger partial charge is 0.226 e. The Morgan fingerprint density at radius 3 is 2.83 bits per heavy atom. The molecule has 0 amide bonds. The number of nitrogens with one attached hydrogen (secondary N) is 1. The molecule has 0 aliphatic carbocycles. The van der Waals surface area contributed by atoms with E-state index in [2.05, 4.69) is 36.2 Å². The van der Waals surface area contributed by atoms with Crippen LogP contribution in [0.3, 0.4) is 0 Å². The van der Waals surface area contributed by atoms with Gasteiger partial charge in [-0.25, -0.2) is 4.98 Å². The lowest BCUT2D eigenvalue weighted by Crippen LogP contribution is -2.01. The molecule has 24 heavy (non-hydrogen) atoms. The maximum atomic E-state index is 5.56. The highest BCUT2D eigenvalue weighted by Crippen LogP contribution is 2.23. The quantitative estimate of drug-likeness (QED) is 0.557. The third-order valence-corrected chi connectivity index (χ3v) is 4.01. The van der Waals surface area contributed by atoms with Gasteiger partial charge in [-0.15, -0.1) is 0 Å². The van der Waals surface area contributed by atoms with E-state index < -0.39 is 0 Å². The summed E-state index contributed by atoms with van der Waals surface area (Å²) in [7, 11) is 0. The normalized spacial score (nSPS) is 10.9. The molecule has 0 radical (unpaired) electrons. The van der Waals surface area contributed by atoms with E-state index in [1.165, 1.54) is 0 Å². The Morgan fingerprint density at radius 2 is 1.96 bits per heavy atom. The number of rotatable bonds is 4. The van der Waals surface area contributed by atoms with Gasteiger partial charge in [0.15, 0.2) is 0 Å². The molecule has 3 aromatic heterocycles. The van der Waals surface area contributed by atoms with Gasteiger partial charge in [0.05, 0.1) is 23.4 Å². The number of aromatic nitrogens is 3. The number of hydrogen-bond acceptors (Lipinski definition) is 5. The average molecular weight is 381 g/mol. The Kier molecular flexibility index (Phi) is 3.96. The molecule has 6 heteroatoms. The first-order chi connectivity index (χ1) is 11.8. The van der Waals surface area contributed by atoms with E-state index in [1.54, 1.807) is 18.7 Å². The van der Waals surface area contributed by atoms with Gasteiger partial charge in [-0.2, -0.15) is 0 Å². The molecule has 118 valence electrons. The summed E-state index contributed by atoms with van der Waals surface area (Å²) in [6.07, 6.45) is 5.19. The molecule has 0 saturated carbocycles. The number of oxazole rings is 1. The molecular weight excluding hydrogens is 368 g/mol. The summed E-state index contributed by atoms with van der Waals surface area (Å²) in [6, 6.07) is 13.7. The lowest BCUT2D eigenvalue weighted by molar-refractivity contribution is 0.573. The van der Waals surface area contributed by atoms with Crippen molar-refractivity contribution < 1.29 is 4.42 Å². The number of anilines is 1. The summed E-state index contributed by atoms with van der Waals surface area (Å²) < 4.78 is 6.46. The lowest BCUT2D eigenvalue weighted by atomic mass is 10.2. The van der Waals surface area contributed by atoms with Crippen LogP contribution in [0.5, 0.6) is 0 Å². The first kappa shape index (κ1) is 14.8. The summed E-state index contributed by atoms with van der Waals surface area (Å²) in [4.78, 5) is 13.3. The van der Waals surface area contributed by atoms with Crippen molar-refractivity contribution in [1.29, 1.82) is 0 Å². The molecule has 0 unspecified atom stereocenters. The van der Waals surface area contributed by atoms with Crippen LogP contribution in [0, 0.1) is 0 Å². The van der Waals surface area contributed by atoms with Gasteiger partial charge < -0.3 is 9.73 Å². The third kappa shape index (κ3) is 3.00. The molecule has 0 aliphatic heterocycles. The average Bonchev–Trinajstić information content (AvgIpc) is 3.09. The molecule has 0 atom stereocenters. The second-order valence-electron chi connectivity index (χ2n) is 5.24. The molecule has 0 aliphatic rings. The highest BCUT2D eigenvalue weighted by atomic mass is 79.9. The molecule has 3 heterocycles. The molecule has 0 saturated heterocycles. The van der Waals surface area contributed by atoms with Crippen LogP contribution in [0.1, 0.15) is 5.69 Å². The Bertz CT molecular complexity index is 985. The van der Waals surface area contributed by atoms with Crippen molar-refractivity contribution in [3.05, 3.63) is 71.3 Å². The van der Waals surface area contributed by atoms with E-state index >= 15 is 0 Å². The Balaban J connectivity index is 1.55. The standard InChI is InChI=1S/C18H13BrN4O/c19-13-8-16-17(22-9-13)15(6-7-20-16)21-10-14-11-24-18(23-14)12-4-2-1-3-5-12/h1-9,11H,10H2,(H,20,21). The predicted octanol–water partition coefficient (Wildman–Crippen LogP) is 4.66. The Hall–Kier alpha value is -2.73. The topological polar surface area (TPSA) is 63.8 Å². The van der Waals surface area contributed by atoms with Crippen molar-refractivity contribution in [2.24, 2.45) is 0 Å². The lowest BCUT2D eigenvalue weighted by Gasteiger charge is -2.07. The van der Waals surface area contributed by atoms with Crippen LogP contribution in [0.25, 0.3) is 22.5 Å². The minimum Gasteiger partial charge on any atom is -0.444 e. The molecule has 4 aromatic rings. The minimum absolute atomic E-state index is 0.549. The number of nitrogens with zero attached hydrogens (tertiary/aromatic N) is 3. The van der Waals surface area contributed by atoms with Gasteiger partial charge in [-0.1, -0.05) is 18.2 Å². The van der Waals surface area contributed by atoms with Gasteiger partial charge in [-0.3, -0.25) is 9.97 Å². The second kappa shape index (κ2) is 6.41. The van der Waals surface area contributed by atoms with Gasteiger partial charge in [0, 0.05) is 22.4 Å². The number of benzene rings is 1. The molecule has 5 nitrogen and oxygen atoms in total. The molecule has 1 aromatic carbocycles. The van der Waals surface area contributed by atoms with Gasteiger partial charge in [0.25, 0.3) is 0 Å². The van der Waals surface area contributed by atoms with Crippen molar-refractivity contribution in [2.45, 2.75) is 6.54 Å². The van der Waals surface area contributed by atoms with Crippen LogP contribution in [-0.2, 0) is 6.54 Å². The zero-order chi connectivity index (χ0) is 16.4. The highest BCUT2D eigenvalue weighted by molar-refractivity contribution is 9.10. The van der Waals surface area contributed by atoms with E-state index in [1.807, 2.05) is 42.5 Å². The number of fused-ring (bicyclic) bond motifs is 1. The molecule has 1 N–H and O–H groups in total. The molecular formula is C18H13BrN4O. The molecule has 0 spiro atoms. The zero-order valence-electron chi connectivity index (χ0n) is 12.6. The van der Waals surface area contributed by atoms with E-state index in [9.17, 15) is 0 Å². The van der Waals surface area contributed by atoms with Crippen molar-refractivity contribution in [3.63, 3.8) is 0 Å². The SMILES string of the molecule is Brc1cnc2c(NCc3coc(-c4ccccc4)n3)ccnc2c1. The minimum atomic E-state index is 0.549. The summed E-state index contributed by atoms with van der Waals surface area (Å²) in [5, 5.41) is 3.35. The fourth-order valence-corrected chi connectivity index (χ4v) is 2.75. The van der Waals surface area contributed by atoms with Crippen LogP contribution in [0.2, 0.25) is 0 Å². The van der Waals surface area contributed by atoms with Crippen molar-refractivity contribution in [2.75, 3.05) is 5.32 Å². The number of hydrogen-bond donors (Lipinski definition) is 1. The Labute approximate surface area is 146 Å². The highest BCUT2D eigenvalue weighted by Gasteiger charge is 2.08. The van der Waals surface area contributed by atoms with Gasteiger partial charge >= 0.3 is 0 Å². The first-order valence-corrected chi connectivity index (χ1v) is 8.23. The van der Waals surface area contributed by atoms with E-state index in [4.69, 9.17) is 4.42 Å². The van der Waals surface area contributed by atoms with Gasteiger partial charge in [0.2, 0.25) is 5.89 Å². The van der Waals surface area contributed by atoms with Crippen molar-refractivity contribution >= 4 is 32.7 Å². The molecule has 4 rings (SSSR count). The van der Waals surface area contributed by atoms with Gasteiger partial charge in [0.1, 0.15) is 11.8 Å². The maximum absolute atomic E-state index is 5.56. The number of pyridine rings is 2. The fraction of sp³-hybridized carbons (Fsp3) is 0.0556. The summed E-state index contributed by atoms with van der Waals surface area (Å²) in [5.41, 5.74) is 4.37. The maximum Gasteiger partial charge on any atom is 0.226 e. The van der Waals surface area contributed by atoms with E-state index in [0.717, 1.165) is 32.5 Å². The summed E-state index contributed by atoms with van der Waals surface area (Å²) in [6.45, 7) is 0.549.